The van der Waals surface area contributed by atoms with E-state index < -0.39 is 10.8 Å². The number of rotatable bonds is 18. The summed E-state index contributed by atoms with van der Waals surface area (Å²) < 4.78 is 41.4. The van der Waals surface area contributed by atoms with Crippen LogP contribution in [0.15, 0.2) is 24.3 Å². The molecule has 7 nitrogen and oxygen atoms in total. The van der Waals surface area contributed by atoms with Gasteiger partial charge in [0, 0.05) is 9.77 Å². The number of aryl methyl sites for hydroxylation is 1. The van der Waals surface area contributed by atoms with E-state index in [0.29, 0.717) is 13.2 Å². The number of allylic oxidation sites excluding steroid dienone is 1. The zero-order chi connectivity index (χ0) is 22.1. The number of ether oxygens (including phenoxy) is 2. The second-order valence-corrected chi connectivity index (χ2v) is 8.34. The van der Waals surface area contributed by atoms with Gasteiger partial charge in [-0.1, -0.05) is 63.7 Å². The maximum Gasteiger partial charge on any atom is 0.597 e. The lowest BCUT2D eigenvalue weighted by atomic mass is 10.0. The highest BCUT2D eigenvalue weighted by Gasteiger charge is 2.35. The van der Waals surface area contributed by atoms with Gasteiger partial charge >= 0.3 is 10.8 Å². The minimum atomic E-state index is -4.02. The standard InChI is InChI=1S/C22H38NO6S/c1-3-5-6-7-8-9-10-12-20-13-14-22(21(19-20)11-4-2)27-17-15-26-16-18-28-30(24,25)29-23/h4,11,13-14,19H,3,5-10,12,15-18H2,1-2,23H3/q+2/b11-4+. The van der Waals surface area contributed by atoms with Crippen LogP contribution in [0.25, 0.3) is 6.08 Å². The fourth-order valence-corrected chi connectivity index (χ4v) is 3.36. The summed E-state index contributed by atoms with van der Waals surface area (Å²) in [6.45, 7) is 4.90. The highest BCUT2D eigenvalue weighted by Crippen LogP contribution is 2.23. The zero-order valence-electron chi connectivity index (χ0n) is 18.4. The van der Waals surface area contributed by atoms with Crippen LogP contribution in [-0.2, 0) is 39.2 Å². The molecule has 0 bridgehead atoms. The van der Waals surface area contributed by atoms with Crippen LogP contribution in [0.3, 0.4) is 0 Å². The molecule has 0 fully saturated rings. The van der Waals surface area contributed by atoms with Crippen LogP contribution in [0.5, 0.6) is 5.75 Å². The van der Waals surface area contributed by atoms with Crippen molar-refractivity contribution in [3.05, 3.63) is 35.4 Å². The molecule has 1 aromatic carbocycles. The molecule has 0 aliphatic carbocycles. The van der Waals surface area contributed by atoms with Gasteiger partial charge in [-0.3, -0.25) is 0 Å². The molecule has 0 saturated heterocycles. The summed E-state index contributed by atoms with van der Waals surface area (Å²) in [6, 6.07) is 6.32. The van der Waals surface area contributed by atoms with Gasteiger partial charge in [0.05, 0.1) is 17.5 Å². The number of quaternary nitrogens is 1. The van der Waals surface area contributed by atoms with E-state index in [0.717, 1.165) is 17.7 Å². The molecule has 0 amide bonds. The van der Waals surface area contributed by atoms with E-state index in [2.05, 4.69) is 33.4 Å². The van der Waals surface area contributed by atoms with Gasteiger partial charge in [-0.25, -0.2) is 0 Å². The van der Waals surface area contributed by atoms with Crippen molar-refractivity contribution in [2.45, 2.75) is 65.2 Å². The van der Waals surface area contributed by atoms with E-state index in [4.69, 9.17) is 9.47 Å². The summed E-state index contributed by atoms with van der Waals surface area (Å²) in [6.07, 6.45) is 14.3. The Labute approximate surface area is 182 Å². The maximum absolute atomic E-state index is 10.9. The maximum atomic E-state index is 10.9. The van der Waals surface area contributed by atoms with Gasteiger partial charge in [0.25, 0.3) is 0 Å². The fourth-order valence-electron chi connectivity index (χ4n) is 3.02. The normalized spacial score (nSPS) is 13.6. The van der Waals surface area contributed by atoms with E-state index >= 15 is 0 Å². The predicted octanol–water partition coefficient (Wildman–Crippen LogP) is 4.27. The zero-order valence-corrected chi connectivity index (χ0v) is 19.3. The van der Waals surface area contributed by atoms with Crippen LogP contribution in [-0.4, -0.2) is 26.4 Å². The van der Waals surface area contributed by atoms with Gasteiger partial charge in [0.2, 0.25) is 0 Å². The van der Waals surface area contributed by atoms with E-state index in [1.807, 2.05) is 25.1 Å². The van der Waals surface area contributed by atoms with Crippen molar-refractivity contribution < 1.29 is 32.6 Å². The summed E-state index contributed by atoms with van der Waals surface area (Å²) in [5.74, 6) is 3.61. The lowest BCUT2D eigenvalue weighted by Crippen LogP contribution is -2.53. The first-order valence-electron chi connectivity index (χ1n) is 10.8. The molecule has 1 atom stereocenters. The summed E-state index contributed by atoms with van der Waals surface area (Å²) in [5, 5.41) is 0. The molecule has 0 saturated carbocycles. The third kappa shape index (κ3) is 12.4. The van der Waals surface area contributed by atoms with Gasteiger partial charge < -0.3 is 9.47 Å². The molecule has 0 aromatic heterocycles. The monoisotopic (exact) mass is 444 g/mol. The molecule has 3 N–H and O–H groups in total. The Hall–Kier alpha value is -1.29. The quantitative estimate of drug-likeness (QED) is 0.207. The molecule has 1 aromatic rings. The minimum Gasteiger partial charge on any atom is -0.491 e. The SMILES string of the molecule is C/C=C/c1cc(CCCCCCCCC)ccc1OCCOCCO[S+]([O])(=O)O[NH3+]. The number of benzene rings is 1. The van der Waals surface area contributed by atoms with Crippen LogP contribution in [0, 0.1) is 0 Å². The van der Waals surface area contributed by atoms with Crippen molar-refractivity contribution in [2.24, 2.45) is 0 Å². The Morgan fingerprint density at radius 3 is 2.40 bits per heavy atom. The van der Waals surface area contributed by atoms with E-state index in [-0.39, 0.29) is 13.2 Å². The molecule has 0 aliphatic heterocycles. The first-order valence-corrected chi connectivity index (χ1v) is 12.1. The number of hydrogen-bond acceptors (Lipinski definition) is 5. The minimum absolute atomic E-state index is 0.116. The smallest absolute Gasteiger partial charge is 0.491 e. The molecule has 8 heteroatoms. The average molecular weight is 445 g/mol. The molecule has 1 unspecified atom stereocenters. The molecule has 1 radical (unpaired) electrons. The second kappa shape index (κ2) is 16.4. The van der Waals surface area contributed by atoms with Gasteiger partial charge in [0.1, 0.15) is 23.5 Å². The first kappa shape index (κ1) is 26.7. The fraction of sp³-hybridized carbons (Fsp3) is 0.636. The summed E-state index contributed by atoms with van der Waals surface area (Å²) in [7, 11) is -4.02. The van der Waals surface area contributed by atoms with Crippen LogP contribution in [0.4, 0.5) is 0 Å². The average Bonchev–Trinajstić information content (AvgIpc) is 2.73. The van der Waals surface area contributed by atoms with Crippen LogP contribution in [0.2, 0.25) is 0 Å². The van der Waals surface area contributed by atoms with Crippen LogP contribution in [0.1, 0.15) is 69.9 Å². The Kier molecular flexibility index (Phi) is 14.6. The van der Waals surface area contributed by atoms with Crippen molar-refractivity contribution >= 4 is 16.9 Å². The summed E-state index contributed by atoms with van der Waals surface area (Å²) in [5.41, 5.74) is 2.38. The highest BCUT2D eigenvalue weighted by atomic mass is 32.3. The predicted molar refractivity (Wildman–Crippen MR) is 118 cm³/mol. The van der Waals surface area contributed by atoms with Crippen LogP contribution >= 0.6 is 0 Å². The lowest BCUT2D eigenvalue weighted by molar-refractivity contribution is -0.640. The molecular weight excluding hydrogens is 406 g/mol. The van der Waals surface area contributed by atoms with Crippen molar-refractivity contribution in [3.63, 3.8) is 0 Å². The molecule has 30 heavy (non-hydrogen) atoms. The van der Waals surface area contributed by atoms with E-state index in [1.165, 1.54) is 50.5 Å². The van der Waals surface area contributed by atoms with Gasteiger partial charge in [-0.2, -0.15) is 5.90 Å². The second-order valence-electron chi connectivity index (χ2n) is 7.05. The van der Waals surface area contributed by atoms with Gasteiger partial charge in [0.15, 0.2) is 0 Å². The third-order valence-electron chi connectivity index (χ3n) is 4.57. The van der Waals surface area contributed by atoms with Gasteiger partial charge in [-0.15, -0.1) is 4.18 Å². The van der Waals surface area contributed by atoms with Crippen molar-refractivity contribution in [3.8, 4) is 5.75 Å². The first-order chi connectivity index (χ1) is 14.5. The molecule has 0 heterocycles. The summed E-state index contributed by atoms with van der Waals surface area (Å²) >= 11 is 0. The van der Waals surface area contributed by atoms with Crippen LogP contribution < -0.4 is 10.6 Å². The molecule has 0 spiro atoms. The Bertz CT molecular complexity index is 653. The van der Waals surface area contributed by atoms with Gasteiger partial charge in [-0.05, 0) is 37.5 Å². The lowest BCUT2D eigenvalue weighted by Gasteiger charge is -2.11. The molecule has 1 rings (SSSR count). The topological polar surface area (TPSA) is 102 Å². The largest absolute Gasteiger partial charge is 0.597 e. The molecule has 171 valence electrons. The summed E-state index contributed by atoms with van der Waals surface area (Å²) in [4.78, 5) is 0. The Morgan fingerprint density at radius 1 is 1.00 bits per heavy atom. The van der Waals surface area contributed by atoms with Crippen molar-refractivity contribution in [2.75, 3.05) is 26.4 Å². The van der Waals surface area contributed by atoms with E-state index in [9.17, 15) is 8.76 Å². The third-order valence-corrected chi connectivity index (χ3v) is 5.32. The Morgan fingerprint density at radius 2 is 1.70 bits per heavy atom. The Balaban J connectivity index is 2.32. The van der Waals surface area contributed by atoms with E-state index in [1.54, 1.807) is 0 Å². The molecule has 0 aliphatic rings. The highest BCUT2D eigenvalue weighted by molar-refractivity contribution is 7.88. The van der Waals surface area contributed by atoms with Crippen molar-refractivity contribution in [1.29, 1.82) is 0 Å². The molecular formula is C22H38NO6S+2. The number of unbranched alkanes of at least 4 members (excludes halogenated alkanes) is 6. The van der Waals surface area contributed by atoms with Crippen molar-refractivity contribution in [1.82, 2.24) is 0 Å². The number of hydrogen-bond donors (Lipinski definition) is 1.